The van der Waals surface area contributed by atoms with Gasteiger partial charge in [0.15, 0.2) is 0 Å². The highest BCUT2D eigenvalue weighted by Crippen LogP contribution is 2.30. The average Bonchev–Trinajstić information content (AvgIpc) is 2.91. The van der Waals surface area contributed by atoms with E-state index < -0.39 is 31.8 Å². The number of sulfonamides is 2. The maximum Gasteiger partial charge on any atom is 0.265 e. The summed E-state index contributed by atoms with van der Waals surface area (Å²) in [6.45, 7) is 1.61. The molecule has 0 unspecified atom stereocenters. The van der Waals surface area contributed by atoms with E-state index in [0.717, 1.165) is 16.6 Å². The Morgan fingerprint density at radius 2 is 1.50 bits per heavy atom. The van der Waals surface area contributed by atoms with Crippen LogP contribution in [0.4, 0.5) is 21.5 Å². The minimum absolute atomic E-state index is 0.0182. The standard InChI is InChI=1S/C27H23BrFN3O6S2/c1-17-7-13-21(39(34,35)32-24-6-4-3-5-23(24)29)16-22(17)27(33)30-20-12-14-25(38-2)26(15-20)40(36,37)31-19-10-8-18(28)9-11-19/h3-16,31-32H,1-2H3,(H,30,33). The number of carbonyl (C=O) groups is 1. The summed E-state index contributed by atoms with van der Waals surface area (Å²) in [6, 6.07) is 19.7. The zero-order valence-corrected chi connectivity index (χ0v) is 24.3. The van der Waals surface area contributed by atoms with Crippen LogP contribution in [0.5, 0.6) is 5.75 Å². The minimum Gasteiger partial charge on any atom is -0.495 e. The second kappa shape index (κ2) is 11.7. The lowest BCUT2D eigenvalue weighted by Gasteiger charge is -2.15. The van der Waals surface area contributed by atoms with Crippen molar-refractivity contribution < 1.29 is 30.8 Å². The third-order valence-electron chi connectivity index (χ3n) is 5.69. The summed E-state index contributed by atoms with van der Waals surface area (Å²) in [4.78, 5) is 12.7. The van der Waals surface area contributed by atoms with Gasteiger partial charge in [0.25, 0.3) is 26.0 Å². The highest BCUT2D eigenvalue weighted by atomic mass is 79.9. The second-order valence-electron chi connectivity index (χ2n) is 8.49. The predicted octanol–water partition coefficient (Wildman–Crippen LogP) is 5.76. The Morgan fingerprint density at radius 1 is 0.825 bits per heavy atom. The number of methoxy groups -OCH3 is 1. The molecule has 0 fully saturated rings. The number of rotatable bonds is 9. The van der Waals surface area contributed by atoms with E-state index in [1.807, 2.05) is 0 Å². The quantitative estimate of drug-likeness (QED) is 0.212. The molecule has 0 spiro atoms. The molecule has 0 aliphatic rings. The first-order chi connectivity index (χ1) is 18.9. The Hall–Kier alpha value is -3.94. The zero-order valence-electron chi connectivity index (χ0n) is 21.1. The van der Waals surface area contributed by atoms with Gasteiger partial charge in [-0.25, -0.2) is 21.2 Å². The van der Waals surface area contributed by atoms with Gasteiger partial charge in [0.05, 0.1) is 17.7 Å². The van der Waals surface area contributed by atoms with Gasteiger partial charge in [0.2, 0.25) is 0 Å². The van der Waals surface area contributed by atoms with Crippen molar-refractivity contribution in [1.29, 1.82) is 0 Å². The van der Waals surface area contributed by atoms with E-state index in [9.17, 15) is 26.0 Å². The first-order valence-electron chi connectivity index (χ1n) is 11.6. The van der Waals surface area contributed by atoms with Crippen LogP contribution in [0.25, 0.3) is 0 Å². The third kappa shape index (κ3) is 6.61. The van der Waals surface area contributed by atoms with Crippen LogP contribution in [-0.2, 0) is 20.0 Å². The number of amides is 1. The number of hydrogen-bond acceptors (Lipinski definition) is 6. The summed E-state index contributed by atoms with van der Waals surface area (Å²) in [6.07, 6.45) is 0. The Bertz CT molecular complexity index is 1800. The van der Waals surface area contributed by atoms with Crippen LogP contribution in [0.15, 0.2) is 99.2 Å². The van der Waals surface area contributed by atoms with Gasteiger partial charge in [-0.3, -0.25) is 14.2 Å². The molecule has 1 amide bonds. The molecule has 4 rings (SSSR count). The smallest absolute Gasteiger partial charge is 0.265 e. The molecule has 0 saturated heterocycles. The average molecular weight is 649 g/mol. The molecule has 0 aliphatic carbocycles. The number of hydrogen-bond donors (Lipinski definition) is 3. The number of nitrogens with one attached hydrogen (secondary N) is 3. The van der Waals surface area contributed by atoms with Gasteiger partial charge in [0, 0.05) is 21.4 Å². The van der Waals surface area contributed by atoms with E-state index in [1.165, 1.54) is 55.6 Å². The zero-order chi connectivity index (χ0) is 29.1. The van der Waals surface area contributed by atoms with Gasteiger partial charge in [-0.15, -0.1) is 0 Å². The molecule has 3 N–H and O–H groups in total. The van der Waals surface area contributed by atoms with Gasteiger partial charge in [0.1, 0.15) is 16.5 Å². The van der Waals surface area contributed by atoms with Crippen molar-refractivity contribution in [2.75, 3.05) is 21.9 Å². The monoisotopic (exact) mass is 647 g/mol. The predicted molar refractivity (Wildman–Crippen MR) is 154 cm³/mol. The van der Waals surface area contributed by atoms with Crippen LogP contribution in [0.1, 0.15) is 15.9 Å². The molecule has 0 bridgehead atoms. The van der Waals surface area contributed by atoms with Crippen LogP contribution in [0, 0.1) is 12.7 Å². The van der Waals surface area contributed by atoms with Crippen molar-refractivity contribution in [2.24, 2.45) is 0 Å². The van der Waals surface area contributed by atoms with Gasteiger partial charge in [-0.1, -0.05) is 34.1 Å². The summed E-state index contributed by atoms with van der Waals surface area (Å²) < 4.78 is 76.7. The SMILES string of the molecule is COc1ccc(NC(=O)c2cc(S(=O)(=O)Nc3ccccc3F)ccc2C)cc1S(=O)(=O)Nc1ccc(Br)cc1. The van der Waals surface area contributed by atoms with Crippen LogP contribution in [0.3, 0.4) is 0 Å². The van der Waals surface area contributed by atoms with E-state index in [2.05, 4.69) is 30.7 Å². The minimum atomic E-state index is -4.23. The van der Waals surface area contributed by atoms with E-state index in [-0.39, 0.29) is 32.5 Å². The van der Waals surface area contributed by atoms with Crippen molar-refractivity contribution in [3.63, 3.8) is 0 Å². The van der Waals surface area contributed by atoms with E-state index in [4.69, 9.17) is 4.74 Å². The molecule has 40 heavy (non-hydrogen) atoms. The number of para-hydroxylation sites is 1. The highest BCUT2D eigenvalue weighted by Gasteiger charge is 2.23. The number of aryl methyl sites for hydroxylation is 1. The first-order valence-corrected chi connectivity index (χ1v) is 15.3. The second-order valence-corrected chi connectivity index (χ2v) is 12.7. The van der Waals surface area contributed by atoms with Crippen LogP contribution >= 0.6 is 15.9 Å². The maximum atomic E-state index is 14.0. The highest BCUT2D eigenvalue weighted by molar-refractivity contribution is 9.10. The molecule has 4 aromatic rings. The lowest BCUT2D eigenvalue weighted by atomic mass is 10.1. The molecule has 0 aliphatic heterocycles. The number of ether oxygens (including phenoxy) is 1. The molecule has 0 saturated carbocycles. The van der Waals surface area contributed by atoms with Gasteiger partial charge < -0.3 is 10.1 Å². The largest absolute Gasteiger partial charge is 0.495 e. The molecule has 0 radical (unpaired) electrons. The summed E-state index contributed by atoms with van der Waals surface area (Å²) in [5.74, 6) is -1.39. The fourth-order valence-corrected chi connectivity index (χ4v) is 6.26. The lowest BCUT2D eigenvalue weighted by molar-refractivity contribution is 0.102. The number of benzene rings is 4. The molecule has 0 aromatic heterocycles. The van der Waals surface area contributed by atoms with Gasteiger partial charge in [-0.2, -0.15) is 0 Å². The summed E-state index contributed by atoms with van der Waals surface area (Å²) in [7, 11) is -7.03. The third-order valence-corrected chi connectivity index (χ3v) is 8.98. The normalized spacial score (nSPS) is 11.5. The molecule has 208 valence electrons. The fourth-order valence-electron chi connectivity index (χ4n) is 3.65. The van der Waals surface area contributed by atoms with Crippen molar-refractivity contribution in [2.45, 2.75) is 16.7 Å². The number of anilines is 3. The lowest BCUT2D eigenvalue weighted by Crippen LogP contribution is -2.18. The fraction of sp³-hybridized carbons (Fsp3) is 0.0741. The molecule has 4 aromatic carbocycles. The molecule has 0 heterocycles. The van der Waals surface area contributed by atoms with Crippen LogP contribution < -0.4 is 19.5 Å². The van der Waals surface area contributed by atoms with E-state index in [0.29, 0.717) is 11.3 Å². The van der Waals surface area contributed by atoms with Crippen molar-refractivity contribution in [3.05, 3.63) is 106 Å². The maximum absolute atomic E-state index is 14.0. The van der Waals surface area contributed by atoms with Gasteiger partial charge in [-0.05, 0) is 79.2 Å². The number of carbonyl (C=O) groups excluding carboxylic acids is 1. The topological polar surface area (TPSA) is 131 Å². The Morgan fingerprint density at radius 3 is 2.17 bits per heavy atom. The van der Waals surface area contributed by atoms with Crippen molar-refractivity contribution in [3.8, 4) is 5.75 Å². The number of halogens is 2. The van der Waals surface area contributed by atoms with Crippen LogP contribution in [-0.4, -0.2) is 29.9 Å². The van der Waals surface area contributed by atoms with E-state index >= 15 is 0 Å². The molecular formula is C27H23BrFN3O6S2. The van der Waals surface area contributed by atoms with Crippen molar-refractivity contribution >= 4 is 58.9 Å². The van der Waals surface area contributed by atoms with E-state index in [1.54, 1.807) is 31.2 Å². The Kier molecular flexibility index (Phi) is 8.47. The van der Waals surface area contributed by atoms with Gasteiger partial charge >= 0.3 is 0 Å². The molecule has 13 heteroatoms. The summed E-state index contributed by atoms with van der Waals surface area (Å²) in [5.41, 5.74) is 0.680. The Labute approximate surface area is 239 Å². The van der Waals surface area contributed by atoms with Crippen LogP contribution in [0.2, 0.25) is 0 Å². The first kappa shape index (κ1) is 29.1. The molecule has 9 nitrogen and oxygen atoms in total. The molecular weight excluding hydrogens is 625 g/mol. The molecule has 0 atom stereocenters. The van der Waals surface area contributed by atoms with Crippen molar-refractivity contribution in [1.82, 2.24) is 0 Å². The Balaban J connectivity index is 1.61. The summed E-state index contributed by atoms with van der Waals surface area (Å²) in [5, 5.41) is 2.60. The summed E-state index contributed by atoms with van der Waals surface area (Å²) >= 11 is 3.29.